The molecule has 0 unspecified atom stereocenters. The van der Waals surface area contributed by atoms with Crippen LogP contribution in [0.1, 0.15) is 63.7 Å². The van der Waals surface area contributed by atoms with Crippen molar-refractivity contribution in [3.8, 4) is 11.1 Å². The largest absolute Gasteiger partial charge is 0.744 e. The topological polar surface area (TPSA) is 259 Å². The van der Waals surface area contributed by atoms with Crippen molar-refractivity contribution in [1.29, 1.82) is 0 Å². The number of benzene rings is 6. The molecule has 8 rings (SSSR count). The van der Waals surface area contributed by atoms with Gasteiger partial charge in [-0.25, -0.2) is 16.8 Å². The monoisotopic (exact) mass is 784 g/mol. The Hall–Kier alpha value is -6.98. The van der Waals surface area contributed by atoms with Crippen LogP contribution >= 0.6 is 0 Å². The first-order valence-corrected chi connectivity index (χ1v) is 19.3. The minimum Gasteiger partial charge on any atom is -0.744 e. The van der Waals surface area contributed by atoms with Gasteiger partial charge in [0.05, 0.1) is 54.8 Å². The zero-order chi connectivity index (χ0) is 39.8. The second kappa shape index (κ2) is 12.8. The SMILES string of the molecule is Nc1c(S(=O)(=O)[O-])cc(Nc2ccc(-c3ccc(Nc4cc(S(=O)(=O)[O-])c(N)c5c4C(=O)c4ccccc4C5=O)cc3)cc2)c2c1C(=O)c1ccccc1C2=O. The minimum absolute atomic E-state index is 0.0241. The Morgan fingerprint density at radius 1 is 0.429 bits per heavy atom. The molecule has 0 aromatic heterocycles. The minimum atomic E-state index is -5.16. The first-order chi connectivity index (χ1) is 26.5. The highest BCUT2D eigenvalue weighted by Crippen LogP contribution is 2.42. The molecular weight excluding hydrogens is 761 g/mol. The third kappa shape index (κ3) is 5.80. The van der Waals surface area contributed by atoms with E-state index in [1.54, 1.807) is 72.8 Å². The second-order valence-corrected chi connectivity index (χ2v) is 15.6. The fraction of sp³-hybridized carbons (Fsp3) is 0. The molecule has 0 bridgehead atoms. The van der Waals surface area contributed by atoms with Crippen LogP contribution in [0.5, 0.6) is 0 Å². The van der Waals surface area contributed by atoms with Crippen molar-refractivity contribution in [2.45, 2.75) is 9.79 Å². The lowest BCUT2D eigenvalue weighted by molar-refractivity contribution is 0.0980. The molecule has 6 aromatic carbocycles. The summed E-state index contributed by atoms with van der Waals surface area (Å²) in [6, 6.07) is 27.1. The summed E-state index contributed by atoms with van der Waals surface area (Å²) in [5, 5.41) is 5.92. The van der Waals surface area contributed by atoms with Crippen molar-refractivity contribution in [3.63, 3.8) is 0 Å². The Bertz CT molecular complexity index is 2790. The molecule has 14 nitrogen and oxygen atoms in total. The van der Waals surface area contributed by atoms with Crippen molar-refractivity contribution >= 4 is 77.5 Å². The molecular formula is C40H24N4O10S2-2. The van der Waals surface area contributed by atoms with Crippen LogP contribution in [0.4, 0.5) is 34.1 Å². The number of fused-ring (bicyclic) bond motifs is 4. The molecule has 278 valence electrons. The van der Waals surface area contributed by atoms with Crippen molar-refractivity contribution < 1.29 is 45.1 Å². The highest BCUT2D eigenvalue weighted by Gasteiger charge is 2.37. The third-order valence-corrected chi connectivity index (χ3v) is 11.4. The van der Waals surface area contributed by atoms with E-state index in [0.717, 1.165) is 12.1 Å². The van der Waals surface area contributed by atoms with Crippen molar-refractivity contribution in [3.05, 3.63) is 154 Å². The molecule has 56 heavy (non-hydrogen) atoms. The van der Waals surface area contributed by atoms with E-state index in [9.17, 15) is 45.1 Å². The van der Waals surface area contributed by atoms with Gasteiger partial charge in [0, 0.05) is 33.6 Å². The van der Waals surface area contributed by atoms with Crippen LogP contribution < -0.4 is 22.1 Å². The van der Waals surface area contributed by atoms with Gasteiger partial charge in [-0.3, -0.25) is 19.2 Å². The Balaban J connectivity index is 1.10. The quantitative estimate of drug-likeness (QED) is 0.117. The van der Waals surface area contributed by atoms with E-state index in [0.29, 0.717) is 22.5 Å². The lowest BCUT2D eigenvalue weighted by Gasteiger charge is -2.25. The molecule has 0 saturated carbocycles. The molecule has 0 amide bonds. The summed E-state index contributed by atoms with van der Waals surface area (Å²) in [5.41, 5.74) is 11.8. The van der Waals surface area contributed by atoms with E-state index in [1.165, 1.54) is 24.3 Å². The Morgan fingerprint density at radius 3 is 1.00 bits per heavy atom. The summed E-state index contributed by atoms with van der Waals surface area (Å²) in [4.78, 5) is 52.5. The van der Waals surface area contributed by atoms with Gasteiger partial charge in [-0.15, -0.1) is 0 Å². The molecule has 0 spiro atoms. The van der Waals surface area contributed by atoms with E-state index in [1.807, 2.05) is 0 Å². The number of anilines is 6. The summed E-state index contributed by atoms with van der Waals surface area (Å²) in [5.74, 6) is -2.58. The average Bonchev–Trinajstić information content (AvgIpc) is 3.16. The number of hydrogen-bond donors (Lipinski definition) is 4. The van der Waals surface area contributed by atoms with E-state index in [2.05, 4.69) is 10.6 Å². The van der Waals surface area contributed by atoms with Crippen LogP contribution in [0.2, 0.25) is 0 Å². The number of nitrogens with two attached hydrogens (primary N) is 2. The average molecular weight is 785 g/mol. The van der Waals surface area contributed by atoms with Gasteiger partial charge in [0.2, 0.25) is 0 Å². The summed E-state index contributed by atoms with van der Waals surface area (Å²) in [6.07, 6.45) is 0. The summed E-state index contributed by atoms with van der Waals surface area (Å²) < 4.78 is 73.1. The normalized spacial score (nSPS) is 13.4. The Labute approximate surface area is 318 Å². The van der Waals surface area contributed by atoms with Crippen LogP contribution in [0.25, 0.3) is 11.1 Å². The molecule has 6 N–H and O–H groups in total. The Kier molecular flexibility index (Phi) is 8.24. The fourth-order valence-electron chi connectivity index (χ4n) is 7.00. The van der Waals surface area contributed by atoms with Gasteiger partial charge < -0.3 is 31.2 Å². The van der Waals surface area contributed by atoms with E-state index < -0.39 is 64.5 Å². The maximum absolute atomic E-state index is 13.6. The molecule has 2 aliphatic carbocycles. The summed E-state index contributed by atoms with van der Waals surface area (Å²) in [7, 11) is -10.3. The molecule has 0 atom stereocenters. The number of nitrogen functional groups attached to an aromatic ring is 2. The van der Waals surface area contributed by atoms with Gasteiger partial charge in [0.1, 0.15) is 20.2 Å². The Morgan fingerprint density at radius 2 is 0.714 bits per heavy atom. The summed E-state index contributed by atoms with van der Waals surface area (Å²) >= 11 is 0. The molecule has 6 aromatic rings. The zero-order valence-electron chi connectivity index (χ0n) is 28.4. The van der Waals surface area contributed by atoms with Crippen molar-refractivity contribution in [2.75, 3.05) is 22.1 Å². The third-order valence-electron chi connectivity index (χ3n) is 9.60. The smallest absolute Gasteiger partial charge is 0.196 e. The van der Waals surface area contributed by atoms with Gasteiger partial charge in [-0.1, -0.05) is 72.8 Å². The molecule has 0 heterocycles. The maximum Gasteiger partial charge on any atom is 0.196 e. The standard InChI is InChI=1S/C40H26N4O10S2/c41-35-29(55(49,50)51)17-27(31-33(35)39(47)25-7-3-1-5-23(25)37(31)45)43-21-13-9-19(10-14-21)20-11-15-22(16-12-20)44-28-18-30(56(52,53)54)36(42)34-32(28)38(46)24-6-2-4-8-26(24)40(34)48/h1-18,43-44H,41-42H2,(H,49,50,51)(H,52,53,54)/p-2. The molecule has 0 aliphatic heterocycles. The number of carbonyl (C=O) groups is 4. The number of rotatable bonds is 7. The van der Waals surface area contributed by atoms with Crippen molar-refractivity contribution in [2.24, 2.45) is 0 Å². The van der Waals surface area contributed by atoms with E-state index in [4.69, 9.17) is 11.5 Å². The molecule has 0 saturated heterocycles. The van der Waals surface area contributed by atoms with Gasteiger partial charge in [0.15, 0.2) is 23.1 Å². The molecule has 2 aliphatic rings. The van der Waals surface area contributed by atoms with Crippen LogP contribution in [-0.4, -0.2) is 49.1 Å². The molecule has 0 fully saturated rings. The fourth-order valence-corrected chi connectivity index (χ4v) is 8.27. The van der Waals surface area contributed by atoms with Crippen LogP contribution in [0, 0.1) is 0 Å². The predicted octanol–water partition coefficient (Wildman–Crippen LogP) is 5.36. The van der Waals surface area contributed by atoms with Crippen LogP contribution in [0.15, 0.2) is 119 Å². The number of ketones is 4. The number of carbonyl (C=O) groups excluding carboxylic acids is 4. The van der Waals surface area contributed by atoms with Gasteiger partial charge in [-0.05, 0) is 47.5 Å². The first kappa shape index (κ1) is 36.0. The van der Waals surface area contributed by atoms with Gasteiger partial charge in [0.25, 0.3) is 0 Å². The second-order valence-electron chi connectivity index (χ2n) is 12.9. The number of hydrogen-bond acceptors (Lipinski definition) is 14. The van der Waals surface area contributed by atoms with Gasteiger partial charge >= 0.3 is 0 Å². The van der Waals surface area contributed by atoms with Crippen molar-refractivity contribution in [1.82, 2.24) is 0 Å². The first-order valence-electron chi connectivity index (χ1n) is 16.5. The van der Waals surface area contributed by atoms with E-state index in [-0.39, 0.29) is 55.9 Å². The lowest BCUT2D eigenvalue weighted by atomic mass is 9.82. The molecule has 0 radical (unpaired) electrons. The van der Waals surface area contributed by atoms with E-state index >= 15 is 0 Å². The highest BCUT2D eigenvalue weighted by molar-refractivity contribution is 7.86. The predicted molar refractivity (Wildman–Crippen MR) is 203 cm³/mol. The van der Waals surface area contributed by atoms with Crippen LogP contribution in [-0.2, 0) is 20.2 Å². The van der Waals surface area contributed by atoms with Crippen LogP contribution in [0.3, 0.4) is 0 Å². The number of nitrogens with one attached hydrogen (secondary N) is 2. The lowest BCUT2D eigenvalue weighted by Crippen LogP contribution is -2.25. The zero-order valence-corrected chi connectivity index (χ0v) is 30.1. The molecule has 16 heteroatoms. The highest BCUT2D eigenvalue weighted by atomic mass is 32.2. The van der Waals surface area contributed by atoms with Gasteiger partial charge in [-0.2, -0.15) is 0 Å². The maximum atomic E-state index is 13.6. The summed E-state index contributed by atoms with van der Waals surface area (Å²) in [6.45, 7) is 0.